The number of hydrogen-bond donors (Lipinski definition) is 1. The Balaban J connectivity index is 2.00. The first-order valence-corrected chi connectivity index (χ1v) is 6.70. The zero-order chi connectivity index (χ0) is 14.1. The number of nitrogens with zero attached hydrogens (tertiary/aromatic N) is 1. The van der Waals surface area contributed by atoms with E-state index in [4.69, 9.17) is 10.5 Å². The van der Waals surface area contributed by atoms with Gasteiger partial charge in [0.15, 0.2) is 0 Å². The molecule has 114 valence electrons. The van der Waals surface area contributed by atoms with Crippen molar-refractivity contribution in [2.75, 3.05) is 46.0 Å². The summed E-state index contributed by atoms with van der Waals surface area (Å²) in [4.78, 5) is 2.11. The van der Waals surface area contributed by atoms with Crippen LogP contribution in [0.5, 0.6) is 0 Å². The Morgan fingerprint density at radius 3 is 2.42 bits per heavy atom. The molecule has 2 N–H and O–H groups in total. The van der Waals surface area contributed by atoms with Crippen LogP contribution in [0.2, 0.25) is 0 Å². The summed E-state index contributed by atoms with van der Waals surface area (Å²) >= 11 is 0. The molecule has 1 aliphatic heterocycles. The lowest BCUT2D eigenvalue weighted by atomic mass is 10.1. The number of hydrogen-bond acceptors (Lipinski definition) is 4. The van der Waals surface area contributed by atoms with E-state index in [2.05, 4.69) is 9.64 Å². The first kappa shape index (κ1) is 16.7. The van der Waals surface area contributed by atoms with Crippen molar-refractivity contribution in [1.82, 2.24) is 4.90 Å². The number of likely N-dealkylation sites (tertiary alicyclic amines) is 1. The molecule has 1 fully saturated rings. The number of ether oxygens (including phenoxy) is 2. The van der Waals surface area contributed by atoms with Crippen LogP contribution in [0, 0.1) is 0 Å². The lowest BCUT2D eigenvalue weighted by molar-refractivity contribution is -0.174. The Hall–Kier alpha value is -0.370. The molecule has 4 nitrogen and oxygen atoms in total. The number of rotatable bonds is 8. The highest BCUT2D eigenvalue weighted by atomic mass is 19.4. The molecule has 0 amide bonds. The van der Waals surface area contributed by atoms with Crippen molar-refractivity contribution in [3.63, 3.8) is 0 Å². The molecule has 7 heteroatoms. The van der Waals surface area contributed by atoms with Crippen LogP contribution >= 0.6 is 0 Å². The monoisotopic (exact) mass is 284 g/mol. The van der Waals surface area contributed by atoms with Crippen molar-refractivity contribution in [3.8, 4) is 0 Å². The molecule has 1 saturated heterocycles. The minimum atomic E-state index is -4.23. The predicted molar refractivity (Wildman–Crippen MR) is 66.0 cm³/mol. The second-order valence-corrected chi connectivity index (χ2v) is 4.72. The normalized spacial score (nSPS) is 18.9. The van der Waals surface area contributed by atoms with E-state index in [1.165, 1.54) is 0 Å². The molecule has 0 unspecified atom stereocenters. The molecule has 19 heavy (non-hydrogen) atoms. The van der Waals surface area contributed by atoms with E-state index in [9.17, 15) is 13.2 Å². The van der Waals surface area contributed by atoms with E-state index >= 15 is 0 Å². The average molecular weight is 284 g/mol. The Morgan fingerprint density at radius 1 is 1.16 bits per heavy atom. The third-order valence-electron chi connectivity index (χ3n) is 3.05. The number of piperidine rings is 1. The molecule has 0 aromatic carbocycles. The highest BCUT2D eigenvalue weighted by molar-refractivity contribution is 4.72. The lowest BCUT2D eigenvalue weighted by Gasteiger charge is -2.31. The van der Waals surface area contributed by atoms with Gasteiger partial charge in [0.05, 0.1) is 12.7 Å². The van der Waals surface area contributed by atoms with Crippen molar-refractivity contribution in [3.05, 3.63) is 0 Å². The topological polar surface area (TPSA) is 47.7 Å². The summed E-state index contributed by atoms with van der Waals surface area (Å²) in [6.45, 7) is 2.53. The van der Waals surface area contributed by atoms with Crippen LogP contribution in [0.25, 0.3) is 0 Å². The fourth-order valence-electron chi connectivity index (χ4n) is 2.01. The highest BCUT2D eigenvalue weighted by Crippen LogP contribution is 2.15. The number of alkyl halides is 3. The van der Waals surface area contributed by atoms with Crippen molar-refractivity contribution in [2.24, 2.45) is 5.73 Å². The molecular formula is C12H23F3N2O2. The van der Waals surface area contributed by atoms with Gasteiger partial charge in [0.2, 0.25) is 0 Å². The Morgan fingerprint density at radius 2 is 1.84 bits per heavy atom. The summed E-state index contributed by atoms with van der Waals surface area (Å²) in [5, 5.41) is 0. The third kappa shape index (κ3) is 8.41. The fraction of sp³-hybridized carbons (Fsp3) is 1.00. The lowest BCUT2D eigenvalue weighted by Crippen LogP contribution is -2.39. The van der Waals surface area contributed by atoms with Gasteiger partial charge in [-0.2, -0.15) is 13.2 Å². The van der Waals surface area contributed by atoms with Crippen LogP contribution in [0.15, 0.2) is 0 Å². The fourth-order valence-corrected chi connectivity index (χ4v) is 2.01. The molecule has 1 heterocycles. The van der Waals surface area contributed by atoms with E-state index in [0.717, 1.165) is 32.4 Å². The van der Waals surface area contributed by atoms with Crippen molar-refractivity contribution in [2.45, 2.75) is 31.5 Å². The van der Waals surface area contributed by atoms with Gasteiger partial charge in [0.25, 0.3) is 0 Å². The minimum absolute atomic E-state index is 0.123. The first-order chi connectivity index (χ1) is 9.01. The maximum atomic E-state index is 11.9. The van der Waals surface area contributed by atoms with Gasteiger partial charge in [-0.15, -0.1) is 0 Å². The number of nitrogens with two attached hydrogens (primary N) is 1. The third-order valence-corrected chi connectivity index (χ3v) is 3.05. The summed E-state index contributed by atoms with van der Waals surface area (Å²) < 4.78 is 45.8. The summed E-state index contributed by atoms with van der Waals surface area (Å²) in [6.07, 6.45) is -1.26. The molecule has 0 aliphatic carbocycles. The summed E-state index contributed by atoms with van der Waals surface area (Å²) in [5.74, 6) is 0. The summed E-state index contributed by atoms with van der Waals surface area (Å²) in [5.41, 5.74) is 5.38. The van der Waals surface area contributed by atoms with E-state index in [0.29, 0.717) is 19.7 Å². The van der Waals surface area contributed by atoms with Crippen molar-refractivity contribution >= 4 is 0 Å². The predicted octanol–water partition coefficient (Wildman–Crippen LogP) is 1.40. The quantitative estimate of drug-likeness (QED) is 0.684. The summed E-state index contributed by atoms with van der Waals surface area (Å²) in [6, 6.07) is 0. The molecule has 0 bridgehead atoms. The molecule has 0 aromatic heterocycles. The van der Waals surface area contributed by atoms with Crippen LogP contribution in [0.4, 0.5) is 13.2 Å². The second-order valence-electron chi connectivity index (χ2n) is 4.72. The maximum absolute atomic E-state index is 11.9. The zero-order valence-corrected chi connectivity index (χ0v) is 11.1. The van der Waals surface area contributed by atoms with Crippen LogP contribution < -0.4 is 5.73 Å². The van der Waals surface area contributed by atoms with Crippen molar-refractivity contribution < 1.29 is 22.6 Å². The Labute approximate surface area is 112 Å². The van der Waals surface area contributed by atoms with Gasteiger partial charge >= 0.3 is 6.18 Å². The Kier molecular flexibility index (Phi) is 7.67. The van der Waals surface area contributed by atoms with Gasteiger partial charge in [-0.25, -0.2) is 0 Å². The van der Waals surface area contributed by atoms with Gasteiger partial charge in [-0.3, -0.25) is 0 Å². The van der Waals surface area contributed by atoms with Crippen LogP contribution in [-0.2, 0) is 9.47 Å². The molecule has 1 rings (SSSR count). The minimum Gasteiger partial charge on any atom is -0.378 e. The molecule has 0 radical (unpaired) electrons. The largest absolute Gasteiger partial charge is 0.411 e. The maximum Gasteiger partial charge on any atom is 0.411 e. The van der Waals surface area contributed by atoms with E-state index in [1.54, 1.807) is 0 Å². The highest BCUT2D eigenvalue weighted by Gasteiger charge is 2.27. The second kappa shape index (κ2) is 8.73. The van der Waals surface area contributed by atoms with Gasteiger partial charge in [0.1, 0.15) is 6.61 Å². The Bertz CT molecular complexity index is 232. The van der Waals surface area contributed by atoms with Crippen LogP contribution in [0.1, 0.15) is 19.3 Å². The molecule has 0 atom stereocenters. The van der Waals surface area contributed by atoms with Gasteiger partial charge in [-0.1, -0.05) is 0 Å². The summed E-state index contributed by atoms with van der Waals surface area (Å²) in [7, 11) is 0. The molecule has 0 saturated carbocycles. The standard InChI is InChI=1S/C12H23F3N2O2/c13-12(14,15)10-18-9-7-17-5-2-11(3-6-17)19-8-1-4-16/h11H,1-10,16H2. The average Bonchev–Trinajstić information content (AvgIpc) is 2.36. The van der Waals surface area contributed by atoms with Crippen molar-refractivity contribution in [1.29, 1.82) is 0 Å². The SMILES string of the molecule is NCCCOC1CCN(CCOCC(F)(F)F)CC1. The molecule has 0 aromatic rings. The van der Waals surface area contributed by atoms with Crippen LogP contribution in [0.3, 0.4) is 0 Å². The van der Waals surface area contributed by atoms with E-state index < -0.39 is 12.8 Å². The smallest absolute Gasteiger partial charge is 0.378 e. The molecule has 1 aliphatic rings. The van der Waals surface area contributed by atoms with Gasteiger partial charge in [-0.05, 0) is 25.8 Å². The number of halogens is 3. The van der Waals surface area contributed by atoms with E-state index in [1.807, 2.05) is 0 Å². The van der Waals surface area contributed by atoms with Gasteiger partial charge in [0, 0.05) is 26.2 Å². The van der Waals surface area contributed by atoms with E-state index in [-0.39, 0.29) is 12.7 Å². The zero-order valence-electron chi connectivity index (χ0n) is 11.1. The molecule has 0 spiro atoms. The van der Waals surface area contributed by atoms with Gasteiger partial charge < -0.3 is 20.1 Å². The van der Waals surface area contributed by atoms with Crippen LogP contribution in [-0.4, -0.2) is 63.2 Å². The molecular weight excluding hydrogens is 261 g/mol. The first-order valence-electron chi connectivity index (χ1n) is 6.70.